The van der Waals surface area contributed by atoms with Crippen molar-refractivity contribution < 1.29 is 9.90 Å². The summed E-state index contributed by atoms with van der Waals surface area (Å²) in [6, 6.07) is 13.1. The van der Waals surface area contributed by atoms with Crippen LogP contribution in [0.25, 0.3) is 6.08 Å². The lowest BCUT2D eigenvalue weighted by Crippen LogP contribution is -1.93. The van der Waals surface area contributed by atoms with Crippen LogP contribution in [0.5, 0.6) is 5.75 Å². The molecule has 2 aromatic rings. The number of rotatable bonds is 3. The summed E-state index contributed by atoms with van der Waals surface area (Å²) in [6.07, 6.45) is 3.04. The molecule has 0 spiro atoms. The number of aromatic hydroxyl groups is 1. The highest BCUT2D eigenvalue weighted by Crippen LogP contribution is 2.24. The molecule has 0 radical (unpaired) electrons. The van der Waals surface area contributed by atoms with Gasteiger partial charge >= 0.3 is 0 Å². The van der Waals surface area contributed by atoms with Gasteiger partial charge in [-0.2, -0.15) is 5.26 Å². The van der Waals surface area contributed by atoms with Crippen LogP contribution in [0.1, 0.15) is 21.5 Å². The van der Waals surface area contributed by atoms with Gasteiger partial charge in [0, 0.05) is 5.56 Å². The summed E-state index contributed by atoms with van der Waals surface area (Å²) in [5.41, 5.74) is 1.73. The van der Waals surface area contributed by atoms with Gasteiger partial charge in [0.2, 0.25) is 0 Å². The third kappa shape index (κ3) is 3.25. The summed E-state index contributed by atoms with van der Waals surface area (Å²) >= 11 is 5.78. The van der Waals surface area contributed by atoms with Gasteiger partial charge in [-0.1, -0.05) is 23.7 Å². The molecule has 3 nitrogen and oxygen atoms in total. The zero-order valence-electron chi connectivity index (χ0n) is 10.4. The highest BCUT2D eigenvalue weighted by Gasteiger charge is 2.02. The average Bonchev–Trinajstić information content (AvgIpc) is 2.48. The second kappa shape index (κ2) is 6.05. The molecule has 0 saturated heterocycles. The average molecular weight is 284 g/mol. The van der Waals surface area contributed by atoms with Crippen molar-refractivity contribution >= 4 is 23.5 Å². The normalized spacial score (nSPS) is 10.4. The van der Waals surface area contributed by atoms with E-state index in [1.165, 1.54) is 12.1 Å². The number of carbonyl (C=O) groups is 1. The molecule has 0 atom stereocenters. The van der Waals surface area contributed by atoms with Gasteiger partial charge in [-0.3, -0.25) is 4.79 Å². The Balaban J connectivity index is 2.15. The van der Waals surface area contributed by atoms with Gasteiger partial charge < -0.3 is 5.11 Å². The molecule has 0 heterocycles. The van der Waals surface area contributed by atoms with Crippen molar-refractivity contribution in [2.24, 2.45) is 0 Å². The monoisotopic (exact) mass is 283 g/mol. The van der Waals surface area contributed by atoms with Crippen LogP contribution in [0, 0.1) is 11.3 Å². The lowest BCUT2D eigenvalue weighted by molar-refractivity contribution is 0.104. The van der Waals surface area contributed by atoms with E-state index in [0.717, 1.165) is 5.56 Å². The first-order valence-corrected chi connectivity index (χ1v) is 6.19. The highest BCUT2D eigenvalue weighted by molar-refractivity contribution is 6.32. The van der Waals surface area contributed by atoms with E-state index in [9.17, 15) is 9.90 Å². The van der Waals surface area contributed by atoms with Crippen LogP contribution < -0.4 is 0 Å². The number of hydrogen-bond acceptors (Lipinski definition) is 3. The topological polar surface area (TPSA) is 61.1 Å². The van der Waals surface area contributed by atoms with Crippen LogP contribution in [0.2, 0.25) is 5.02 Å². The molecule has 0 aliphatic heterocycles. The number of nitriles is 1. The van der Waals surface area contributed by atoms with Crippen LogP contribution in [0.4, 0.5) is 0 Å². The molecule has 0 fully saturated rings. The van der Waals surface area contributed by atoms with Crippen molar-refractivity contribution in [2.45, 2.75) is 0 Å². The molecule has 0 unspecified atom stereocenters. The van der Waals surface area contributed by atoms with Gasteiger partial charge in [-0.15, -0.1) is 0 Å². The third-order valence-corrected chi connectivity index (χ3v) is 3.00. The smallest absolute Gasteiger partial charge is 0.185 e. The SMILES string of the molecule is N#Cc1ccc(C(=O)C=Cc2ccc(O)c(Cl)c2)cc1. The maximum absolute atomic E-state index is 11.9. The van der Waals surface area contributed by atoms with Crippen LogP contribution >= 0.6 is 11.6 Å². The van der Waals surface area contributed by atoms with Crippen LogP contribution in [-0.4, -0.2) is 10.9 Å². The summed E-state index contributed by atoms with van der Waals surface area (Å²) in [7, 11) is 0. The molecule has 0 saturated carbocycles. The van der Waals surface area contributed by atoms with Gasteiger partial charge in [0.05, 0.1) is 16.7 Å². The fraction of sp³-hybridized carbons (Fsp3) is 0. The van der Waals surface area contributed by atoms with E-state index < -0.39 is 0 Å². The minimum absolute atomic E-state index is 0.00207. The second-order valence-corrected chi connectivity index (χ2v) is 4.50. The van der Waals surface area contributed by atoms with Crippen molar-refractivity contribution in [3.63, 3.8) is 0 Å². The Bertz CT molecular complexity index is 712. The van der Waals surface area contributed by atoms with Gasteiger partial charge in [0.25, 0.3) is 0 Å². The van der Waals surface area contributed by atoms with Crippen molar-refractivity contribution in [3.05, 3.63) is 70.3 Å². The molecule has 0 aliphatic carbocycles. The van der Waals surface area contributed by atoms with E-state index in [1.54, 1.807) is 42.5 Å². The van der Waals surface area contributed by atoms with Crippen molar-refractivity contribution in [1.82, 2.24) is 0 Å². The highest BCUT2D eigenvalue weighted by atomic mass is 35.5. The molecule has 98 valence electrons. The summed E-state index contributed by atoms with van der Waals surface area (Å²) in [5, 5.41) is 18.2. The Hall–Kier alpha value is -2.57. The number of nitrogens with zero attached hydrogens (tertiary/aromatic N) is 1. The van der Waals surface area contributed by atoms with Gasteiger partial charge in [-0.25, -0.2) is 0 Å². The number of allylic oxidation sites excluding steroid dienone is 1. The van der Waals surface area contributed by atoms with Gasteiger partial charge in [0.1, 0.15) is 5.75 Å². The van der Waals surface area contributed by atoms with E-state index in [0.29, 0.717) is 11.1 Å². The summed E-state index contributed by atoms with van der Waals surface area (Å²) in [5.74, 6) is -0.166. The lowest BCUT2D eigenvalue weighted by Gasteiger charge is -1.98. The summed E-state index contributed by atoms with van der Waals surface area (Å²) in [6.45, 7) is 0. The second-order valence-electron chi connectivity index (χ2n) is 4.10. The fourth-order valence-electron chi connectivity index (χ4n) is 1.60. The van der Waals surface area contributed by atoms with E-state index in [2.05, 4.69) is 0 Å². The Labute approximate surface area is 121 Å². The predicted molar refractivity (Wildman–Crippen MR) is 77.6 cm³/mol. The molecule has 0 bridgehead atoms. The minimum Gasteiger partial charge on any atom is -0.506 e. The minimum atomic E-state index is -0.168. The number of hydrogen-bond donors (Lipinski definition) is 1. The number of carbonyl (C=O) groups excluding carboxylic acids is 1. The van der Waals surface area contributed by atoms with Crippen molar-refractivity contribution in [3.8, 4) is 11.8 Å². The van der Waals surface area contributed by atoms with Crippen molar-refractivity contribution in [2.75, 3.05) is 0 Å². The largest absolute Gasteiger partial charge is 0.506 e. The Morgan fingerprint density at radius 2 is 1.90 bits per heavy atom. The Morgan fingerprint density at radius 1 is 1.20 bits per heavy atom. The number of phenols is 1. The first-order chi connectivity index (χ1) is 9.60. The number of halogens is 1. The van der Waals surface area contributed by atoms with E-state index in [1.807, 2.05) is 6.07 Å². The molecular weight excluding hydrogens is 274 g/mol. The lowest BCUT2D eigenvalue weighted by atomic mass is 10.1. The van der Waals surface area contributed by atoms with Gasteiger partial charge in [-0.05, 0) is 48.0 Å². The standard InChI is InChI=1S/C16H10ClNO2/c17-14-9-11(4-8-16(14)20)3-7-15(19)13-5-1-12(10-18)2-6-13/h1-9,20H. The molecule has 0 aliphatic rings. The van der Waals surface area contributed by atoms with E-state index >= 15 is 0 Å². The zero-order valence-corrected chi connectivity index (χ0v) is 11.1. The summed E-state index contributed by atoms with van der Waals surface area (Å²) in [4.78, 5) is 11.9. The first kappa shape index (κ1) is 13.9. The molecular formula is C16H10ClNO2. The molecule has 1 N–H and O–H groups in total. The summed E-state index contributed by atoms with van der Waals surface area (Å²) < 4.78 is 0. The van der Waals surface area contributed by atoms with Crippen LogP contribution in [0.15, 0.2) is 48.5 Å². The number of ketones is 1. The molecule has 4 heteroatoms. The molecule has 2 rings (SSSR count). The number of phenolic OH excluding ortho intramolecular Hbond substituents is 1. The van der Waals surface area contributed by atoms with Crippen LogP contribution in [-0.2, 0) is 0 Å². The zero-order chi connectivity index (χ0) is 14.5. The molecule has 2 aromatic carbocycles. The third-order valence-electron chi connectivity index (χ3n) is 2.70. The fourth-order valence-corrected chi connectivity index (χ4v) is 1.79. The molecule has 20 heavy (non-hydrogen) atoms. The van der Waals surface area contributed by atoms with E-state index in [-0.39, 0.29) is 16.6 Å². The first-order valence-electron chi connectivity index (χ1n) is 5.81. The predicted octanol–water partition coefficient (Wildman–Crippen LogP) is 3.81. The molecule has 0 aromatic heterocycles. The van der Waals surface area contributed by atoms with Crippen molar-refractivity contribution in [1.29, 1.82) is 5.26 Å². The number of benzene rings is 2. The quantitative estimate of drug-likeness (QED) is 0.688. The maximum Gasteiger partial charge on any atom is 0.185 e. The van der Waals surface area contributed by atoms with Gasteiger partial charge in [0.15, 0.2) is 5.78 Å². The van der Waals surface area contributed by atoms with Crippen LogP contribution in [0.3, 0.4) is 0 Å². The molecule has 0 amide bonds. The van der Waals surface area contributed by atoms with E-state index in [4.69, 9.17) is 16.9 Å². The maximum atomic E-state index is 11.9. The Kier molecular flexibility index (Phi) is 4.19. The Morgan fingerprint density at radius 3 is 2.50 bits per heavy atom.